The number of methoxy groups -OCH3 is 1. The summed E-state index contributed by atoms with van der Waals surface area (Å²) in [5.74, 6) is -1.46. The number of benzene rings is 1. The minimum atomic E-state index is -0.486. The molecule has 0 atom stereocenters. The van der Waals surface area contributed by atoms with Crippen molar-refractivity contribution in [2.24, 2.45) is 5.92 Å². The maximum Gasteiger partial charge on any atom is 0.350 e. The Labute approximate surface area is 159 Å². The normalized spacial score (nSPS) is 14.7. The van der Waals surface area contributed by atoms with Crippen molar-refractivity contribution >= 4 is 34.8 Å². The molecule has 0 saturated carbocycles. The zero-order valence-corrected chi connectivity index (χ0v) is 15.6. The molecule has 1 aromatic heterocycles. The quantitative estimate of drug-likeness (QED) is 0.814. The highest BCUT2D eigenvalue weighted by atomic mass is 32.1. The smallest absolute Gasteiger partial charge is 0.350 e. The molecule has 1 aromatic carbocycles. The molecule has 1 aliphatic rings. The second-order valence-electron chi connectivity index (χ2n) is 6.22. The van der Waals surface area contributed by atoms with Crippen molar-refractivity contribution in [3.05, 3.63) is 52.0 Å². The maximum atomic E-state index is 13.0. The van der Waals surface area contributed by atoms with Gasteiger partial charge in [0, 0.05) is 24.6 Å². The molecule has 2 heterocycles. The van der Waals surface area contributed by atoms with E-state index in [-0.39, 0.29) is 23.5 Å². The average molecular weight is 390 g/mol. The van der Waals surface area contributed by atoms with Gasteiger partial charge in [-0.05, 0) is 48.6 Å². The molecule has 0 radical (unpaired) electrons. The van der Waals surface area contributed by atoms with E-state index >= 15 is 0 Å². The first-order valence-electron chi connectivity index (χ1n) is 8.51. The number of carbonyl (C=O) groups is 3. The molecule has 8 heteroatoms. The van der Waals surface area contributed by atoms with Gasteiger partial charge in [0.25, 0.3) is 5.91 Å². The number of hydrogen-bond donors (Lipinski definition) is 1. The van der Waals surface area contributed by atoms with Crippen LogP contribution in [0.2, 0.25) is 0 Å². The van der Waals surface area contributed by atoms with Gasteiger partial charge in [0.1, 0.15) is 10.7 Å². The Bertz CT molecular complexity index is 842. The van der Waals surface area contributed by atoms with E-state index in [4.69, 9.17) is 4.74 Å². The molecule has 0 spiro atoms. The Morgan fingerprint density at radius 3 is 2.44 bits per heavy atom. The molecule has 1 N–H and O–H groups in total. The molecule has 1 aliphatic heterocycles. The number of halogens is 1. The number of anilines is 1. The topological polar surface area (TPSA) is 75.7 Å². The average Bonchev–Trinajstić information content (AvgIpc) is 3.15. The third-order valence-electron chi connectivity index (χ3n) is 4.54. The summed E-state index contributed by atoms with van der Waals surface area (Å²) < 4.78 is 17.7. The Morgan fingerprint density at radius 1 is 1.15 bits per heavy atom. The predicted octanol–water partition coefficient (Wildman–Crippen LogP) is 3.16. The molecule has 2 aromatic rings. The predicted molar refractivity (Wildman–Crippen MR) is 99.3 cm³/mol. The van der Waals surface area contributed by atoms with Gasteiger partial charge < -0.3 is 15.0 Å². The van der Waals surface area contributed by atoms with E-state index in [1.54, 1.807) is 16.3 Å². The molecule has 0 bridgehead atoms. The van der Waals surface area contributed by atoms with Crippen LogP contribution in [0.5, 0.6) is 0 Å². The third-order valence-corrected chi connectivity index (χ3v) is 5.43. The number of thiophene rings is 1. The lowest BCUT2D eigenvalue weighted by atomic mass is 9.95. The summed E-state index contributed by atoms with van der Waals surface area (Å²) >= 11 is 1.20. The van der Waals surface area contributed by atoms with Crippen LogP contribution in [0.1, 0.15) is 32.9 Å². The van der Waals surface area contributed by atoms with Crippen molar-refractivity contribution in [1.29, 1.82) is 0 Å². The molecule has 6 nitrogen and oxygen atoms in total. The minimum Gasteiger partial charge on any atom is -0.465 e. The second kappa shape index (κ2) is 8.30. The lowest BCUT2D eigenvalue weighted by Gasteiger charge is -2.31. The molecule has 2 amide bonds. The van der Waals surface area contributed by atoms with Crippen LogP contribution in [0.15, 0.2) is 35.7 Å². The summed E-state index contributed by atoms with van der Waals surface area (Å²) in [6, 6.07) is 7.10. The molecule has 1 saturated heterocycles. The number of hydrogen-bond acceptors (Lipinski definition) is 5. The molecule has 0 unspecified atom stereocenters. The zero-order valence-electron chi connectivity index (χ0n) is 14.7. The molecule has 0 aliphatic carbocycles. The van der Waals surface area contributed by atoms with Crippen LogP contribution in [-0.4, -0.2) is 42.9 Å². The summed E-state index contributed by atoms with van der Waals surface area (Å²) in [6.07, 6.45) is 1.05. The van der Waals surface area contributed by atoms with Gasteiger partial charge in [0.15, 0.2) is 0 Å². The van der Waals surface area contributed by atoms with Crippen LogP contribution in [-0.2, 0) is 9.53 Å². The van der Waals surface area contributed by atoms with Gasteiger partial charge >= 0.3 is 5.97 Å². The summed E-state index contributed by atoms with van der Waals surface area (Å²) in [6.45, 7) is 0.892. The Kier molecular flexibility index (Phi) is 5.85. The van der Waals surface area contributed by atoms with Crippen LogP contribution in [0, 0.1) is 11.7 Å². The largest absolute Gasteiger partial charge is 0.465 e. The van der Waals surface area contributed by atoms with Gasteiger partial charge in [-0.25, -0.2) is 9.18 Å². The van der Waals surface area contributed by atoms with Crippen LogP contribution in [0.3, 0.4) is 0 Å². The molecular weight excluding hydrogens is 371 g/mol. The Hall–Kier alpha value is -2.74. The van der Waals surface area contributed by atoms with E-state index in [2.05, 4.69) is 5.32 Å². The van der Waals surface area contributed by atoms with Crippen molar-refractivity contribution in [3.8, 4) is 0 Å². The van der Waals surface area contributed by atoms with Gasteiger partial charge in [-0.2, -0.15) is 0 Å². The number of likely N-dealkylation sites (tertiary alicyclic amines) is 1. The standard InChI is InChI=1S/C19H19FN2O4S/c1-26-19(25)16-15(8-11-27-16)21-17(23)12-6-9-22(10-7-12)18(24)13-2-4-14(20)5-3-13/h2-5,8,11-12H,6-7,9-10H2,1H3,(H,21,23). The van der Waals surface area contributed by atoms with Crippen molar-refractivity contribution in [2.45, 2.75) is 12.8 Å². The van der Waals surface area contributed by atoms with E-state index in [1.165, 1.54) is 42.7 Å². The monoisotopic (exact) mass is 390 g/mol. The van der Waals surface area contributed by atoms with Gasteiger partial charge in [-0.3, -0.25) is 9.59 Å². The first kappa shape index (κ1) is 19.0. The molecule has 1 fully saturated rings. The van der Waals surface area contributed by atoms with E-state index in [9.17, 15) is 18.8 Å². The summed E-state index contributed by atoms with van der Waals surface area (Å²) in [7, 11) is 1.29. The van der Waals surface area contributed by atoms with E-state index < -0.39 is 5.97 Å². The number of amides is 2. The lowest BCUT2D eigenvalue weighted by Crippen LogP contribution is -2.41. The number of rotatable bonds is 4. The minimum absolute atomic E-state index is 0.167. The van der Waals surface area contributed by atoms with Gasteiger partial charge in [0.2, 0.25) is 5.91 Å². The maximum absolute atomic E-state index is 13.0. The zero-order chi connectivity index (χ0) is 19.4. The molecule has 27 heavy (non-hydrogen) atoms. The Morgan fingerprint density at radius 2 is 1.81 bits per heavy atom. The van der Waals surface area contributed by atoms with Crippen molar-refractivity contribution in [2.75, 3.05) is 25.5 Å². The number of nitrogens with one attached hydrogen (secondary N) is 1. The van der Waals surface area contributed by atoms with Crippen LogP contribution in [0.4, 0.5) is 10.1 Å². The summed E-state index contributed by atoms with van der Waals surface area (Å²) in [4.78, 5) is 38.7. The number of esters is 1. The van der Waals surface area contributed by atoms with E-state index in [0.29, 0.717) is 42.1 Å². The fourth-order valence-electron chi connectivity index (χ4n) is 3.01. The molecule has 3 rings (SSSR count). The highest BCUT2D eigenvalue weighted by molar-refractivity contribution is 7.12. The van der Waals surface area contributed by atoms with Crippen molar-refractivity contribution in [3.63, 3.8) is 0 Å². The Balaban J connectivity index is 1.56. The van der Waals surface area contributed by atoms with Crippen molar-refractivity contribution in [1.82, 2.24) is 4.90 Å². The van der Waals surface area contributed by atoms with Gasteiger partial charge in [-0.1, -0.05) is 0 Å². The van der Waals surface area contributed by atoms with Crippen molar-refractivity contribution < 1.29 is 23.5 Å². The highest BCUT2D eigenvalue weighted by Gasteiger charge is 2.28. The first-order chi connectivity index (χ1) is 13.0. The number of ether oxygens (including phenoxy) is 1. The first-order valence-corrected chi connectivity index (χ1v) is 9.39. The van der Waals surface area contributed by atoms with Crippen LogP contribution >= 0.6 is 11.3 Å². The van der Waals surface area contributed by atoms with E-state index in [0.717, 1.165) is 0 Å². The fourth-order valence-corrected chi connectivity index (χ4v) is 3.78. The SMILES string of the molecule is COC(=O)c1sccc1NC(=O)C1CCN(C(=O)c2ccc(F)cc2)CC1. The van der Waals surface area contributed by atoms with Gasteiger partial charge in [-0.15, -0.1) is 11.3 Å². The number of piperidine rings is 1. The van der Waals surface area contributed by atoms with Crippen LogP contribution < -0.4 is 5.32 Å². The number of nitrogens with zero attached hydrogens (tertiary/aromatic N) is 1. The van der Waals surface area contributed by atoms with Gasteiger partial charge in [0.05, 0.1) is 12.8 Å². The highest BCUT2D eigenvalue weighted by Crippen LogP contribution is 2.26. The lowest BCUT2D eigenvalue weighted by molar-refractivity contribution is -0.121. The molecule has 142 valence electrons. The summed E-state index contributed by atoms with van der Waals surface area (Å²) in [5.41, 5.74) is 0.877. The van der Waals surface area contributed by atoms with E-state index in [1.807, 2.05) is 0 Å². The second-order valence-corrected chi connectivity index (χ2v) is 7.13. The molecular formula is C19H19FN2O4S. The number of carbonyl (C=O) groups excluding carboxylic acids is 3. The summed E-state index contributed by atoms with van der Waals surface area (Å²) in [5, 5.41) is 4.50. The third kappa shape index (κ3) is 4.33. The van der Waals surface area contributed by atoms with Crippen LogP contribution in [0.25, 0.3) is 0 Å². The fraction of sp³-hybridized carbons (Fsp3) is 0.316.